The van der Waals surface area contributed by atoms with Crippen LogP contribution < -0.4 is 0 Å². The van der Waals surface area contributed by atoms with E-state index in [1.165, 1.54) is 13.5 Å². The minimum Gasteiger partial charge on any atom is -0.469 e. The van der Waals surface area contributed by atoms with E-state index in [-0.39, 0.29) is 5.97 Å². The average Bonchev–Trinajstić information content (AvgIpc) is 2.31. The third-order valence-corrected chi connectivity index (χ3v) is 1.79. The van der Waals surface area contributed by atoms with Gasteiger partial charge in [-0.3, -0.25) is 4.79 Å². The van der Waals surface area contributed by atoms with Gasteiger partial charge in [-0.15, -0.1) is 0 Å². The quantitative estimate of drug-likeness (QED) is 0.412. The number of carbonyl (C=O) groups is 1. The number of methoxy groups -OCH3 is 1. The van der Waals surface area contributed by atoms with E-state index in [0.717, 1.165) is 12.8 Å². The molecule has 0 atom stereocenters. The van der Waals surface area contributed by atoms with Gasteiger partial charge in [0.05, 0.1) is 13.5 Å². The van der Waals surface area contributed by atoms with Gasteiger partial charge in [0.25, 0.3) is 0 Å². The van der Waals surface area contributed by atoms with Crippen molar-refractivity contribution >= 4 is 5.97 Å². The van der Waals surface area contributed by atoms with E-state index < -0.39 is 0 Å². The molecule has 0 radical (unpaired) electrons. The molecule has 0 saturated carbocycles. The Balaban J connectivity index is 3.61. The molecule has 0 aliphatic heterocycles. The van der Waals surface area contributed by atoms with Crippen LogP contribution in [0.3, 0.4) is 0 Å². The zero-order valence-corrected chi connectivity index (χ0v) is 10.0. The van der Waals surface area contributed by atoms with Crippen LogP contribution in [0.4, 0.5) is 0 Å². The molecule has 0 N–H and O–H groups in total. The third-order valence-electron chi connectivity index (χ3n) is 1.79. The summed E-state index contributed by atoms with van der Waals surface area (Å²) in [6.07, 6.45) is 7.57. The van der Waals surface area contributed by atoms with E-state index in [0.29, 0.717) is 12.8 Å². The van der Waals surface area contributed by atoms with E-state index in [2.05, 4.69) is 35.3 Å². The van der Waals surface area contributed by atoms with Crippen molar-refractivity contribution in [2.75, 3.05) is 7.11 Å². The molecule has 16 heavy (non-hydrogen) atoms. The molecule has 0 heterocycles. The number of hydrogen-bond donors (Lipinski definition) is 0. The highest BCUT2D eigenvalue weighted by Gasteiger charge is 1.94. The van der Waals surface area contributed by atoms with Gasteiger partial charge in [-0.1, -0.05) is 37.0 Å². The second-order valence-corrected chi connectivity index (χ2v) is 3.16. The van der Waals surface area contributed by atoms with Gasteiger partial charge in [0, 0.05) is 12.8 Å². The van der Waals surface area contributed by atoms with Crippen molar-refractivity contribution < 1.29 is 9.53 Å². The van der Waals surface area contributed by atoms with Crippen LogP contribution in [0.1, 0.15) is 39.0 Å². The fourth-order valence-corrected chi connectivity index (χ4v) is 0.877. The van der Waals surface area contributed by atoms with Crippen molar-refractivity contribution in [2.45, 2.75) is 39.0 Å². The highest BCUT2D eigenvalue weighted by atomic mass is 16.5. The van der Waals surface area contributed by atoms with Crippen molar-refractivity contribution in [3.63, 3.8) is 0 Å². The Morgan fingerprint density at radius 3 is 2.38 bits per heavy atom. The largest absolute Gasteiger partial charge is 0.469 e. The lowest BCUT2D eigenvalue weighted by Gasteiger charge is -1.91. The Bertz CT molecular complexity index is 331. The first-order valence-electron chi connectivity index (χ1n) is 5.49. The molecular weight excluding hydrogens is 200 g/mol. The second-order valence-electron chi connectivity index (χ2n) is 3.16. The van der Waals surface area contributed by atoms with Crippen molar-refractivity contribution in [3.05, 3.63) is 12.2 Å². The van der Waals surface area contributed by atoms with E-state index in [1.807, 2.05) is 0 Å². The van der Waals surface area contributed by atoms with Gasteiger partial charge in [0.2, 0.25) is 0 Å². The molecule has 0 rings (SSSR count). The Labute approximate surface area is 98.1 Å². The van der Waals surface area contributed by atoms with Gasteiger partial charge >= 0.3 is 5.97 Å². The molecule has 0 amide bonds. The minimum absolute atomic E-state index is 0.224. The normalized spacial score (nSPS) is 8.88. The van der Waals surface area contributed by atoms with Crippen LogP contribution in [-0.4, -0.2) is 13.1 Å². The van der Waals surface area contributed by atoms with Gasteiger partial charge in [-0.25, -0.2) is 0 Å². The summed E-state index contributed by atoms with van der Waals surface area (Å²) in [4.78, 5) is 10.7. The van der Waals surface area contributed by atoms with Gasteiger partial charge in [-0.05, 0) is 18.6 Å². The summed E-state index contributed by atoms with van der Waals surface area (Å²) in [6.45, 7) is 2.14. The van der Waals surface area contributed by atoms with Gasteiger partial charge < -0.3 is 4.74 Å². The van der Waals surface area contributed by atoms with Gasteiger partial charge in [0.1, 0.15) is 0 Å². The van der Waals surface area contributed by atoms with Crippen molar-refractivity contribution in [3.8, 4) is 23.7 Å². The molecular formula is C14H18O2. The molecule has 0 aromatic heterocycles. The third kappa shape index (κ3) is 10.4. The van der Waals surface area contributed by atoms with Crippen LogP contribution in [0.15, 0.2) is 12.2 Å². The lowest BCUT2D eigenvalue weighted by atomic mass is 10.2. The molecule has 0 bridgehead atoms. The number of unbranched alkanes of at least 4 members (excludes halogenated alkanes) is 2. The van der Waals surface area contributed by atoms with Crippen molar-refractivity contribution in [2.24, 2.45) is 0 Å². The number of hydrogen-bond acceptors (Lipinski definition) is 2. The fraction of sp³-hybridized carbons (Fsp3) is 0.500. The summed E-state index contributed by atoms with van der Waals surface area (Å²) in [7, 11) is 1.38. The number of carbonyl (C=O) groups excluding carboxylic acids is 1. The molecule has 0 spiro atoms. The van der Waals surface area contributed by atoms with Crippen LogP contribution in [0.25, 0.3) is 0 Å². The molecule has 2 nitrogen and oxygen atoms in total. The SMILES string of the molecule is CCCCC#C/C=C\C#CCCC(=O)OC. The molecule has 0 fully saturated rings. The Morgan fingerprint density at radius 1 is 1.19 bits per heavy atom. The lowest BCUT2D eigenvalue weighted by Crippen LogP contribution is -1.97. The maximum Gasteiger partial charge on any atom is 0.306 e. The molecule has 0 aromatic rings. The summed E-state index contributed by atoms with van der Waals surface area (Å²) >= 11 is 0. The van der Waals surface area contributed by atoms with Crippen molar-refractivity contribution in [1.82, 2.24) is 0 Å². The van der Waals surface area contributed by atoms with E-state index in [9.17, 15) is 4.79 Å². The minimum atomic E-state index is -0.224. The number of rotatable bonds is 4. The first-order valence-corrected chi connectivity index (χ1v) is 5.49. The topological polar surface area (TPSA) is 26.3 Å². The second kappa shape index (κ2) is 11.4. The van der Waals surface area contributed by atoms with Gasteiger partial charge in [0.15, 0.2) is 0 Å². The summed E-state index contributed by atoms with van der Waals surface area (Å²) in [5, 5.41) is 0. The average molecular weight is 218 g/mol. The first kappa shape index (κ1) is 14.3. The standard InChI is InChI=1S/C14H18O2/c1-3-4-5-6-7-8-9-10-11-12-13-14(15)16-2/h8-9H,3-5,12-13H2,1-2H3/b9-8-. The Kier molecular flexibility index (Phi) is 10.2. The Morgan fingerprint density at radius 2 is 1.81 bits per heavy atom. The van der Waals surface area contributed by atoms with E-state index in [1.54, 1.807) is 12.2 Å². The van der Waals surface area contributed by atoms with Crippen LogP contribution in [0, 0.1) is 23.7 Å². The highest BCUT2D eigenvalue weighted by Crippen LogP contribution is 1.90. The maximum absolute atomic E-state index is 10.7. The summed E-state index contributed by atoms with van der Waals surface area (Å²) in [5.74, 6) is 11.4. The number of allylic oxidation sites excluding steroid dienone is 2. The van der Waals surface area contributed by atoms with Gasteiger partial charge in [-0.2, -0.15) is 0 Å². The summed E-state index contributed by atoms with van der Waals surface area (Å²) in [6, 6.07) is 0. The van der Waals surface area contributed by atoms with E-state index in [4.69, 9.17) is 0 Å². The van der Waals surface area contributed by atoms with E-state index >= 15 is 0 Å². The molecule has 2 heteroatoms. The molecule has 0 aromatic carbocycles. The van der Waals surface area contributed by atoms with Crippen LogP contribution in [-0.2, 0) is 9.53 Å². The van der Waals surface area contributed by atoms with Crippen LogP contribution >= 0.6 is 0 Å². The van der Waals surface area contributed by atoms with Crippen LogP contribution in [0.2, 0.25) is 0 Å². The van der Waals surface area contributed by atoms with Crippen LogP contribution in [0.5, 0.6) is 0 Å². The maximum atomic E-state index is 10.7. The predicted octanol–water partition coefficient (Wildman–Crippen LogP) is 2.69. The first-order chi connectivity index (χ1) is 7.81. The monoisotopic (exact) mass is 218 g/mol. The predicted molar refractivity (Wildman–Crippen MR) is 65.5 cm³/mol. The van der Waals surface area contributed by atoms with Crippen molar-refractivity contribution in [1.29, 1.82) is 0 Å². The molecule has 0 saturated heterocycles. The highest BCUT2D eigenvalue weighted by molar-refractivity contribution is 5.69. The summed E-state index contributed by atoms with van der Waals surface area (Å²) < 4.78 is 4.49. The smallest absolute Gasteiger partial charge is 0.306 e. The fourth-order valence-electron chi connectivity index (χ4n) is 0.877. The zero-order valence-electron chi connectivity index (χ0n) is 10.0. The molecule has 0 unspecified atom stereocenters. The number of ether oxygens (including phenoxy) is 1. The zero-order chi connectivity index (χ0) is 12.1. The Hall–Kier alpha value is -1.67. The molecule has 86 valence electrons. The summed E-state index contributed by atoms with van der Waals surface area (Å²) in [5.41, 5.74) is 0. The molecule has 0 aliphatic rings. The number of esters is 1. The molecule has 0 aliphatic carbocycles. The lowest BCUT2D eigenvalue weighted by molar-refractivity contribution is -0.140.